The molecule has 0 aromatic heterocycles. The minimum absolute atomic E-state index is 0.0410. The summed E-state index contributed by atoms with van der Waals surface area (Å²) in [6.07, 6.45) is 1.33. The number of rotatable bonds is 9. The number of methoxy groups -OCH3 is 1. The van der Waals surface area contributed by atoms with Crippen LogP contribution in [-0.2, 0) is 14.8 Å². The summed E-state index contributed by atoms with van der Waals surface area (Å²) >= 11 is 0. The van der Waals surface area contributed by atoms with Crippen LogP contribution in [-0.4, -0.2) is 40.5 Å². The van der Waals surface area contributed by atoms with Crippen LogP contribution >= 0.6 is 0 Å². The van der Waals surface area contributed by atoms with Crippen LogP contribution in [0.3, 0.4) is 0 Å². The second kappa shape index (κ2) is 8.34. The molecule has 0 aliphatic rings. The van der Waals surface area contributed by atoms with Gasteiger partial charge in [0.15, 0.2) is 11.5 Å². The first-order valence-corrected chi connectivity index (χ1v) is 9.36. The molecule has 1 amide bonds. The van der Waals surface area contributed by atoms with E-state index in [1.54, 1.807) is 30.3 Å². The van der Waals surface area contributed by atoms with Crippen LogP contribution in [0.4, 0.5) is 5.69 Å². The number of ketones is 1. The summed E-state index contributed by atoms with van der Waals surface area (Å²) in [7, 11) is -2.37. The van der Waals surface area contributed by atoms with Crippen molar-refractivity contribution in [2.75, 3.05) is 24.6 Å². The third-order valence-electron chi connectivity index (χ3n) is 3.23. The Balaban J connectivity index is 2.59. The lowest BCUT2D eigenvalue weighted by Crippen LogP contribution is -2.24. The topological polar surface area (TPSA) is 111 Å². The molecule has 9 heteroatoms. The van der Waals surface area contributed by atoms with E-state index < -0.39 is 15.8 Å². The number of sulfonamides is 1. The van der Waals surface area contributed by atoms with Crippen molar-refractivity contribution in [2.45, 2.75) is 0 Å². The monoisotopic (exact) mass is 378 g/mol. The highest BCUT2D eigenvalue weighted by atomic mass is 32.2. The van der Waals surface area contributed by atoms with Gasteiger partial charge in [-0.2, -0.15) is 0 Å². The smallest absolute Gasteiger partial charge is 0.229 e. The zero-order chi connectivity index (χ0) is 19.2. The highest BCUT2D eigenvalue weighted by Gasteiger charge is 2.24. The van der Waals surface area contributed by atoms with E-state index in [1.165, 1.54) is 19.2 Å². The van der Waals surface area contributed by atoms with Crippen LogP contribution in [0.5, 0.6) is 17.2 Å². The summed E-state index contributed by atoms with van der Waals surface area (Å²) in [5.74, 6) is 0.184. The SMILES string of the molecule is COc1ccc(Oc2ccccc2)c(NS(C)(=O)=O)c1C(=O)CNC=O. The van der Waals surface area contributed by atoms with Gasteiger partial charge in [-0.15, -0.1) is 0 Å². The van der Waals surface area contributed by atoms with Gasteiger partial charge in [0.2, 0.25) is 16.4 Å². The van der Waals surface area contributed by atoms with E-state index in [4.69, 9.17) is 9.47 Å². The Hall–Kier alpha value is -3.07. The fourth-order valence-electron chi connectivity index (χ4n) is 2.22. The number of Topliss-reactive ketones (excluding diaryl/α,β-unsaturated/α-hetero) is 1. The highest BCUT2D eigenvalue weighted by Crippen LogP contribution is 2.38. The van der Waals surface area contributed by atoms with E-state index in [1.807, 2.05) is 0 Å². The number of carbonyl (C=O) groups excluding carboxylic acids is 2. The Morgan fingerprint density at radius 3 is 2.35 bits per heavy atom. The Kier molecular flexibility index (Phi) is 6.18. The Morgan fingerprint density at radius 1 is 1.12 bits per heavy atom. The fraction of sp³-hybridized carbons (Fsp3) is 0.176. The molecular formula is C17H18N2O6S. The van der Waals surface area contributed by atoms with Crippen LogP contribution in [0.2, 0.25) is 0 Å². The first kappa shape index (κ1) is 19.3. The van der Waals surface area contributed by atoms with Crippen molar-refractivity contribution in [3.05, 3.63) is 48.0 Å². The standard InChI is InChI=1S/C17H18N2O6S/c1-24-14-8-9-15(25-12-6-4-3-5-7-12)17(19-26(2,22)23)16(14)13(21)10-18-11-20/h3-9,11,19H,10H2,1-2H3,(H,18,20). The van der Waals surface area contributed by atoms with Crippen LogP contribution in [0, 0.1) is 0 Å². The number of para-hydroxylation sites is 1. The molecule has 0 saturated carbocycles. The quantitative estimate of drug-likeness (QED) is 0.508. The summed E-state index contributed by atoms with van der Waals surface area (Å²) < 4.78 is 36.8. The van der Waals surface area contributed by atoms with Gasteiger partial charge in [0.25, 0.3) is 0 Å². The average molecular weight is 378 g/mol. The predicted molar refractivity (Wildman–Crippen MR) is 96.4 cm³/mol. The highest BCUT2D eigenvalue weighted by molar-refractivity contribution is 7.92. The van der Waals surface area contributed by atoms with Gasteiger partial charge in [-0.25, -0.2) is 8.42 Å². The first-order valence-electron chi connectivity index (χ1n) is 7.47. The molecule has 0 bridgehead atoms. The van der Waals surface area contributed by atoms with Gasteiger partial charge in [-0.1, -0.05) is 18.2 Å². The minimum Gasteiger partial charge on any atom is -0.496 e. The molecule has 8 nitrogen and oxygen atoms in total. The van der Waals surface area contributed by atoms with Gasteiger partial charge >= 0.3 is 0 Å². The van der Waals surface area contributed by atoms with Gasteiger partial charge in [0.05, 0.1) is 25.5 Å². The summed E-state index contributed by atoms with van der Waals surface area (Å²) in [4.78, 5) is 23.0. The number of nitrogens with one attached hydrogen (secondary N) is 2. The third kappa shape index (κ3) is 4.96. The number of carbonyl (C=O) groups is 2. The fourth-order valence-corrected chi connectivity index (χ4v) is 2.79. The number of amides is 1. The number of ether oxygens (including phenoxy) is 2. The average Bonchev–Trinajstić information content (AvgIpc) is 2.60. The molecule has 0 saturated heterocycles. The minimum atomic E-state index is -3.72. The van der Waals surface area contributed by atoms with E-state index in [2.05, 4.69) is 10.0 Å². The first-order chi connectivity index (χ1) is 12.4. The molecule has 0 fully saturated rings. The van der Waals surface area contributed by atoms with E-state index in [0.717, 1.165) is 6.26 Å². The van der Waals surface area contributed by atoms with Crippen LogP contribution in [0.1, 0.15) is 10.4 Å². The van der Waals surface area contributed by atoms with E-state index in [0.29, 0.717) is 12.2 Å². The van der Waals surface area contributed by atoms with Gasteiger partial charge < -0.3 is 14.8 Å². The largest absolute Gasteiger partial charge is 0.496 e. The normalized spacial score (nSPS) is 10.7. The Labute approximate surface area is 151 Å². The van der Waals surface area contributed by atoms with Crippen LogP contribution in [0.15, 0.2) is 42.5 Å². The van der Waals surface area contributed by atoms with E-state index >= 15 is 0 Å². The zero-order valence-electron chi connectivity index (χ0n) is 14.2. The summed E-state index contributed by atoms with van der Waals surface area (Å²) in [6, 6.07) is 11.7. The van der Waals surface area contributed by atoms with E-state index in [-0.39, 0.29) is 29.3 Å². The van der Waals surface area contributed by atoms with Crippen LogP contribution < -0.4 is 19.5 Å². The molecule has 0 spiro atoms. The number of benzene rings is 2. The maximum atomic E-state index is 12.5. The van der Waals surface area contributed by atoms with Gasteiger partial charge in [0.1, 0.15) is 17.2 Å². The van der Waals surface area contributed by atoms with Gasteiger partial charge in [-0.05, 0) is 24.3 Å². The van der Waals surface area contributed by atoms with Crippen molar-refractivity contribution in [3.8, 4) is 17.2 Å². The summed E-state index contributed by atoms with van der Waals surface area (Å²) in [6.45, 7) is -0.326. The lowest BCUT2D eigenvalue weighted by Gasteiger charge is -2.18. The number of anilines is 1. The predicted octanol–water partition coefficient (Wildman–Crippen LogP) is 1.79. The van der Waals surface area contributed by atoms with Crippen molar-refractivity contribution in [3.63, 3.8) is 0 Å². The summed E-state index contributed by atoms with van der Waals surface area (Å²) in [5, 5.41) is 2.25. The lowest BCUT2D eigenvalue weighted by atomic mass is 10.1. The number of hydrogen-bond donors (Lipinski definition) is 2. The maximum absolute atomic E-state index is 12.5. The third-order valence-corrected chi connectivity index (χ3v) is 3.81. The second-order valence-corrected chi connectivity index (χ2v) is 6.98. The molecular weight excluding hydrogens is 360 g/mol. The van der Waals surface area contributed by atoms with Gasteiger partial charge in [0, 0.05) is 0 Å². The molecule has 26 heavy (non-hydrogen) atoms. The molecule has 0 radical (unpaired) electrons. The van der Waals surface area contributed by atoms with Gasteiger partial charge in [-0.3, -0.25) is 14.3 Å². The maximum Gasteiger partial charge on any atom is 0.229 e. The second-order valence-electron chi connectivity index (χ2n) is 5.23. The van der Waals surface area contributed by atoms with Crippen LogP contribution in [0.25, 0.3) is 0 Å². The molecule has 0 aliphatic carbocycles. The molecule has 0 aliphatic heterocycles. The molecule has 2 rings (SSSR count). The van der Waals surface area contributed by atoms with Crippen molar-refractivity contribution in [1.82, 2.24) is 5.32 Å². The Morgan fingerprint density at radius 2 is 1.77 bits per heavy atom. The molecule has 0 unspecified atom stereocenters. The Bertz CT molecular complexity index is 897. The zero-order valence-corrected chi connectivity index (χ0v) is 15.0. The molecule has 2 aromatic rings. The van der Waals surface area contributed by atoms with E-state index in [9.17, 15) is 18.0 Å². The molecule has 138 valence electrons. The molecule has 2 N–H and O–H groups in total. The lowest BCUT2D eigenvalue weighted by molar-refractivity contribution is -0.109. The van der Waals surface area contributed by atoms with Crippen molar-refractivity contribution in [1.29, 1.82) is 0 Å². The molecule has 2 aromatic carbocycles. The van der Waals surface area contributed by atoms with Crippen molar-refractivity contribution >= 4 is 27.9 Å². The molecule has 0 heterocycles. The number of hydrogen-bond acceptors (Lipinski definition) is 6. The van der Waals surface area contributed by atoms with Crippen molar-refractivity contribution < 1.29 is 27.5 Å². The molecule has 0 atom stereocenters. The summed E-state index contributed by atoms with van der Waals surface area (Å²) in [5.41, 5.74) is -0.103. The van der Waals surface area contributed by atoms with Crippen molar-refractivity contribution in [2.24, 2.45) is 0 Å².